The van der Waals surface area contributed by atoms with Gasteiger partial charge in [0.05, 0.1) is 47.1 Å². The van der Waals surface area contributed by atoms with Gasteiger partial charge in [0.15, 0.2) is 0 Å². The first-order chi connectivity index (χ1) is 19.7. The van der Waals surface area contributed by atoms with Gasteiger partial charge in [-0.25, -0.2) is 4.98 Å². The van der Waals surface area contributed by atoms with Crippen LogP contribution >= 0.6 is 0 Å². The summed E-state index contributed by atoms with van der Waals surface area (Å²) in [6, 6.07) is 15.5. The van der Waals surface area contributed by atoms with Crippen LogP contribution in [-0.2, 0) is 11.3 Å². The summed E-state index contributed by atoms with van der Waals surface area (Å²) in [6.45, 7) is 12.0. The Labute approximate surface area is 236 Å². The Kier molecular flexibility index (Phi) is 7.50. The van der Waals surface area contributed by atoms with Gasteiger partial charge in [0.25, 0.3) is 0 Å². The smallest absolute Gasteiger partial charge is 0.0989 e. The number of aryl methyl sites for hydroxylation is 1. The number of fused-ring (bicyclic) bond motifs is 5. The summed E-state index contributed by atoms with van der Waals surface area (Å²) in [5.74, 6) is 0. The topological polar surface area (TPSA) is 69.0 Å². The van der Waals surface area contributed by atoms with Crippen molar-refractivity contribution in [2.24, 2.45) is 0 Å². The highest BCUT2D eigenvalue weighted by Crippen LogP contribution is 2.41. The third-order valence-electron chi connectivity index (χ3n) is 9.10. The molecule has 40 heavy (non-hydrogen) atoms. The standard InChI is InChI=1S/C32H42N6O2/c39-25-9-16-36(17-10-25)18-11-33-24-7-8-29-27(23-24)30-32-31(26-5-1-2-6-28(26)34-30)37(14-4-15-38(29)32)13-3-12-35-19-21-40-22-20-35/h1-2,5-8,23,25,33,39H,3-4,9-22H2. The maximum Gasteiger partial charge on any atom is 0.0989 e. The molecule has 2 aromatic heterocycles. The number of aromatic nitrogens is 2. The third kappa shape index (κ3) is 5.14. The quantitative estimate of drug-likeness (QED) is 0.347. The second-order valence-electron chi connectivity index (χ2n) is 11.7. The number of aliphatic hydroxyl groups excluding tert-OH is 1. The molecule has 0 radical (unpaired) electrons. The molecule has 2 aromatic carbocycles. The Hall–Kier alpha value is -2.91. The largest absolute Gasteiger partial charge is 0.393 e. The lowest BCUT2D eigenvalue weighted by Gasteiger charge is -2.29. The minimum absolute atomic E-state index is 0.120. The number of anilines is 2. The van der Waals surface area contributed by atoms with Crippen LogP contribution in [0.4, 0.5) is 11.4 Å². The first-order valence-electron chi connectivity index (χ1n) is 15.3. The van der Waals surface area contributed by atoms with E-state index in [4.69, 9.17) is 9.72 Å². The van der Waals surface area contributed by atoms with E-state index >= 15 is 0 Å². The molecule has 4 aromatic rings. The van der Waals surface area contributed by atoms with Gasteiger partial charge in [0, 0.05) is 81.9 Å². The lowest BCUT2D eigenvalue weighted by Crippen LogP contribution is -2.38. The molecule has 0 atom stereocenters. The zero-order valence-electron chi connectivity index (χ0n) is 23.5. The lowest BCUT2D eigenvalue weighted by molar-refractivity contribution is 0.0376. The van der Waals surface area contributed by atoms with Crippen molar-refractivity contribution in [2.45, 2.75) is 38.3 Å². The van der Waals surface area contributed by atoms with E-state index in [0.29, 0.717) is 0 Å². The number of para-hydroxylation sites is 1. The first kappa shape index (κ1) is 26.0. The second kappa shape index (κ2) is 11.5. The molecule has 2 N–H and O–H groups in total. The monoisotopic (exact) mass is 542 g/mol. The van der Waals surface area contributed by atoms with Crippen LogP contribution in [0, 0.1) is 0 Å². The highest BCUT2D eigenvalue weighted by Gasteiger charge is 2.25. The van der Waals surface area contributed by atoms with Crippen molar-refractivity contribution in [3.63, 3.8) is 0 Å². The molecule has 0 amide bonds. The molecule has 8 heteroatoms. The van der Waals surface area contributed by atoms with E-state index in [1.807, 2.05) is 0 Å². The van der Waals surface area contributed by atoms with Gasteiger partial charge in [-0.2, -0.15) is 0 Å². The number of benzene rings is 2. The maximum absolute atomic E-state index is 9.80. The van der Waals surface area contributed by atoms with Gasteiger partial charge < -0.3 is 29.5 Å². The molecule has 0 aliphatic carbocycles. The molecule has 0 bridgehead atoms. The van der Waals surface area contributed by atoms with Gasteiger partial charge in [-0.3, -0.25) is 4.90 Å². The van der Waals surface area contributed by atoms with E-state index in [0.717, 1.165) is 121 Å². The minimum Gasteiger partial charge on any atom is -0.393 e. The Morgan fingerprint density at radius 3 is 2.58 bits per heavy atom. The fraction of sp³-hybridized carbons (Fsp3) is 0.531. The predicted octanol–water partition coefficient (Wildman–Crippen LogP) is 4.14. The number of nitrogens with zero attached hydrogens (tertiary/aromatic N) is 5. The van der Waals surface area contributed by atoms with Gasteiger partial charge in [-0.1, -0.05) is 18.2 Å². The first-order valence-corrected chi connectivity index (χ1v) is 15.3. The molecular weight excluding hydrogens is 500 g/mol. The highest BCUT2D eigenvalue weighted by molar-refractivity contribution is 6.17. The fourth-order valence-corrected chi connectivity index (χ4v) is 6.94. The summed E-state index contributed by atoms with van der Waals surface area (Å²) >= 11 is 0. The van der Waals surface area contributed by atoms with Gasteiger partial charge >= 0.3 is 0 Å². The molecule has 2 saturated heterocycles. The number of piperidine rings is 1. The Morgan fingerprint density at radius 2 is 1.70 bits per heavy atom. The summed E-state index contributed by atoms with van der Waals surface area (Å²) in [4.78, 5) is 12.9. The SMILES string of the molecule is OC1CCN(CCNc2ccc3c(c2)c2nc4ccccc4c4c2n3CCCN4CCCN2CCOCC2)CC1. The summed E-state index contributed by atoms with van der Waals surface area (Å²) in [5, 5.41) is 16.0. The van der Waals surface area contributed by atoms with Crippen LogP contribution in [0.3, 0.4) is 0 Å². The molecule has 0 spiro atoms. The number of likely N-dealkylation sites (tertiary alicyclic amines) is 1. The average Bonchev–Trinajstić information content (AvgIpc) is 3.15. The number of pyridine rings is 1. The van der Waals surface area contributed by atoms with Crippen molar-refractivity contribution in [1.29, 1.82) is 0 Å². The van der Waals surface area contributed by atoms with Crippen molar-refractivity contribution in [3.8, 4) is 0 Å². The number of aliphatic hydroxyl groups is 1. The molecule has 0 unspecified atom stereocenters. The summed E-state index contributed by atoms with van der Waals surface area (Å²) < 4.78 is 8.08. The van der Waals surface area contributed by atoms with Gasteiger partial charge in [0.1, 0.15) is 0 Å². The molecular formula is C32H42N6O2. The van der Waals surface area contributed by atoms with E-state index in [-0.39, 0.29) is 6.10 Å². The minimum atomic E-state index is -0.120. The third-order valence-corrected chi connectivity index (χ3v) is 9.10. The van der Waals surface area contributed by atoms with Gasteiger partial charge in [-0.15, -0.1) is 0 Å². The number of hydrogen-bond donors (Lipinski definition) is 2. The van der Waals surface area contributed by atoms with Crippen LogP contribution in [0.25, 0.3) is 32.8 Å². The van der Waals surface area contributed by atoms with E-state index in [1.165, 1.54) is 27.5 Å². The van der Waals surface area contributed by atoms with E-state index in [1.54, 1.807) is 0 Å². The maximum atomic E-state index is 9.80. The van der Waals surface area contributed by atoms with E-state index in [9.17, 15) is 5.11 Å². The van der Waals surface area contributed by atoms with Crippen LogP contribution in [0.15, 0.2) is 42.5 Å². The summed E-state index contributed by atoms with van der Waals surface area (Å²) in [7, 11) is 0. The molecule has 7 rings (SSSR count). The molecule has 2 fully saturated rings. The Bertz CT molecular complexity index is 1470. The lowest BCUT2D eigenvalue weighted by atomic mass is 10.1. The highest BCUT2D eigenvalue weighted by atomic mass is 16.5. The van der Waals surface area contributed by atoms with Crippen LogP contribution in [0.5, 0.6) is 0 Å². The normalized spacial score (nSPS) is 19.6. The Balaban J connectivity index is 1.19. The molecule has 0 saturated carbocycles. The zero-order chi connectivity index (χ0) is 26.9. The van der Waals surface area contributed by atoms with Crippen LogP contribution in [-0.4, -0.2) is 103 Å². The van der Waals surface area contributed by atoms with Crippen LogP contribution in [0.2, 0.25) is 0 Å². The molecule has 3 aliphatic heterocycles. The van der Waals surface area contributed by atoms with E-state index in [2.05, 4.69) is 67.0 Å². The predicted molar refractivity (Wildman–Crippen MR) is 164 cm³/mol. The van der Waals surface area contributed by atoms with Crippen molar-refractivity contribution in [3.05, 3.63) is 42.5 Å². The summed E-state index contributed by atoms with van der Waals surface area (Å²) in [5.41, 5.74) is 7.29. The summed E-state index contributed by atoms with van der Waals surface area (Å²) in [6.07, 6.45) is 3.94. The van der Waals surface area contributed by atoms with Gasteiger partial charge in [-0.05, 0) is 49.9 Å². The Morgan fingerprint density at radius 1 is 0.875 bits per heavy atom. The van der Waals surface area contributed by atoms with Crippen molar-refractivity contribution < 1.29 is 9.84 Å². The number of ether oxygens (including phenoxy) is 1. The van der Waals surface area contributed by atoms with E-state index < -0.39 is 0 Å². The number of morpholine rings is 1. The van der Waals surface area contributed by atoms with Crippen molar-refractivity contribution >= 4 is 44.2 Å². The molecule has 3 aliphatic rings. The molecule has 212 valence electrons. The zero-order valence-corrected chi connectivity index (χ0v) is 23.5. The van der Waals surface area contributed by atoms with Crippen LogP contribution < -0.4 is 10.2 Å². The average molecular weight is 543 g/mol. The number of hydrogen-bond acceptors (Lipinski definition) is 7. The molecule has 8 nitrogen and oxygen atoms in total. The van der Waals surface area contributed by atoms with Crippen molar-refractivity contribution in [2.75, 3.05) is 82.3 Å². The fourth-order valence-electron chi connectivity index (χ4n) is 6.94. The molecule has 5 heterocycles. The van der Waals surface area contributed by atoms with Crippen LogP contribution in [0.1, 0.15) is 25.7 Å². The number of rotatable bonds is 8. The van der Waals surface area contributed by atoms with Crippen molar-refractivity contribution in [1.82, 2.24) is 19.4 Å². The van der Waals surface area contributed by atoms with Gasteiger partial charge in [0.2, 0.25) is 0 Å². The second-order valence-corrected chi connectivity index (χ2v) is 11.7. The number of nitrogens with one attached hydrogen (secondary N) is 1.